The Balaban J connectivity index is 1.60. The highest BCUT2D eigenvalue weighted by atomic mass is 32.1. The first-order valence-electron chi connectivity index (χ1n) is 9.60. The summed E-state index contributed by atoms with van der Waals surface area (Å²) in [5.41, 5.74) is 2.03. The smallest absolute Gasteiger partial charge is 0.265 e. The first kappa shape index (κ1) is 22.0. The van der Waals surface area contributed by atoms with Crippen LogP contribution >= 0.6 is 11.3 Å². The third kappa shape index (κ3) is 6.42. The first-order valence-corrected chi connectivity index (χ1v) is 10.5. The van der Waals surface area contributed by atoms with Gasteiger partial charge in [0.25, 0.3) is 5.91 Å². The fourth-order valence-corrected chi connectivity index (χ4v) is 3.59. The van der Waals surface area contributed by atoms with Crippen LogP contribution in [0.5, 0.6) is 5.75 Å². The molecule has 1 heterocycles. The van der Waals surface area contributed by atoms with E-state index in [0.717, 1.165) is 5.56 Å². The maximum absolute atomic E-state index is 12.6. The molecule has 0 aliphatic rings. The number of amides is 3. The van der Waals surface area contributed by atoms with Crippen LogP contribution in [0, 0.1) is 0 Å². The molecule has 0 bridgehead atoms. The van der Waals surface area contributed by atoms with E-state index >= 15 is 0 Å². The summed E-state index contributed by atoms with van der Waals surface area (Å²) in [4.78, 5) is 36.9. The Morgan fingerprint density at radius 1 is 0.935 bits per heavy atom. The first-order chi connectivity index (χ1) is 14.9. The van der Waals surface area contributed by atoms with Crippen LogP contribution in [0.4, 0.5) is 11.4 Å². The Hall–Kier alpha value is -3.65. The Labute approximate surface area is 184 Å². The van der Waals surface area contributed by atoms with Gasteiger partial charge in [-0.3, -0.25) is 14.4 Å². The average Bonchev–Trinajstić information content (AvgIpc) is 3.29. The zero-order chi connectivity index (χ0) is 22.2. The molecule has 2 aromatic carbocycles. The predicted molar refractivity (Wildman–Crippen MR) is 122 cm³/mol. The molecule has 1 aromatic heterocycles. The molecular formula is C23H23N3O4S. The highest BCUT2D eigenvalue weighted by Gasteiger charge is 2.17. The molecule has 0 fully saturated rings. The van der Waals surface area contributed by atoms with Crippen molar-refractivity contribution in [1.82, 2.24) is 5.32 Å². The van der Waals surface area contributed by atoms with Crippen molar-refractivity contribution in [1.29, 1.82) is 0 Å². The van der Waals surface area contributed by atoms with Crippen LogP contribution in [-0.2, 0) is 9.59 Å². The van der Waals surface area contributed by atoms with Gasteiger partial charge < -0.3 is 20.7 Å². The van der Waals surface area contributed by atoms with Gasteiger partial charge in [0.1, 0.15) is 5.75 Å². The summed E-state index contributed by atoms with van der Waals surface area (Å²) in [6, 6.07) is 17.2. The Bertz CT molecular complexity index is 1030. The second-order valence-electron chi connectivity index (χ2n) is 6.79. The third-order valence-electron chi connectivity index (χ3n) is 4.46. The number of hydrogen-bond acceptors (Lipinski definition) is 5. The summed E-state index contributed by atoms with van der Waals surface area (Å²) in [5, 5.41) is 10.3. The van der Waals surface area contributed by atoms with Crippen molar-refractivity contribution < 1.29 is 19.1 Å². The molecular weight excluding hydrogens is 414 g/mol. The van der Waals surface area contributed by atoms with Gasteiger partial charge in [-0.15, -0.1) is 11.3 Å². The fourth-order valence-electron chi connectivity index (χ4n) is 2.97. The molecule has 0 aliphatic heterocycles. The molecule has 1 unspecified atom stereocenters. The zero-order valence-corrected chi connectivity index (χ0v) is 18.0. The summed E-state index contributed by atoms with van der Waals surface area (Å²) >= 11 is 1.37. The van der Waals surface area contributed by atoms with Crippen LogP contribution in [0.2, 0.25) is 0 Å². The molecule has 3 N–H and O–H groups in total. The number of rotatable bonds is 8. The molecule has 3 aromatic rings. The molecule has 160 valence electrons. The Morgan fingerprint density at radius 3 is 2.13 bits per heavy atom. The lowest BCUT2D eigenvalue weighted by Crippen LogP contribution is -2.29. The van der Waals surface area contributed by atoms with Crippen LogP contribution in [0.3, 0.4) is 0 Å². The van der Waals surface area contributed by atoms with Crippen molar-refractivity contribution in [2.45, 2.75) is 19.4 Å². The molecule has 31 heavy (non-hydrogen) atoms. The van der Waals surface area contributed by atoms with E-state index in [4.69, 9.17) is 4.74 Å². The maximum atomic E-state index is 12.6. The van der Waals surface area contributed by atoms with Gasteiger partial charge >= 0.3 is 0 Å². The van der Waals surface area contributed by atoms with Gasteiger partial charge in [-0.25, -0.2) is 0 Å². The van der Waals surface area contributed by atoms with Gasteiger partial charge in [0, 0.05) is 18.3 Å². The lowest BCUT2D eigenvalue weighted by molar-refractivity contribution is -0.120. The van der Waals surface area contributed by atoms with Gasteiger partial charge in [-0.05, 0) is 53.4 Å². The summed E-state index contributed by atoms with van der Waals surface area (Å²) in [7, 11) is 1.58. The standard InChI is InChI=1S/C23H23N3O4S/c1-15(27)24-20(16-5-11-19(30-2)12-6-16)14-22(28)25-17-7-9-18(10-8-17)26-23(29)21-4-3-13-31-21/h3-13,20H,14H2,1-2H3,(H,24,27)(H,25,28)(H,26,29). The largest absolute Gasteiger partial charge is 0.497 e. The lowest BCUT2D eigenvalue weighted by Gasteiger charge is -2.18. The minimum absolute atomic E-state index is 0.0722. The molecule has 1 atom stereocenters. The van der Waals surface area contributed by atoms with Gasteiger partial charge in [0.15, 0.2) is 0 Å². The van der Waals surface area contributed by atoms with E-state index in [2.05, 4.69) is 16.0 Å². The average molecular weight is 438 g/mol. The van der Waals surface area contributed by atoms with Gasteiger partial charge in [0.2, 0.25) is 11.8 Å². The van der Waals surface area contributed by atoms with E-state index in [0.29, 0.717) is 22.0 Å². The molecule has 0 saturated heterocycles. The van der Waals surface area contributed by atoms with E-state index in [9.17, 15) is 14.4 Å². The van der Waals surface area contributed by atoms with Crippen molar-refractivity contribution in [3.8, 4) is 5.75 Å². The molecule has 3 rings (SSSR count). The highest BCUT2D eigenvalue weighted by molar-refractivity contribution is 7.12. The summed E-state index contributed by atoms with van der Waals surface area (Å²) < 4.78 is 5.15. The van der Waals surface area contributed by atoms with Gasteiger partial charge in [0.05, 0.1) is 24.4 Å². The second-order valence-corrected chi connectivity index (χ2v) is 7.74. The fraction of sp³-hybridized carbons (Fsp3) is 0.174. The zero-order valence-electron chi connectivity index (χ0n) is 17.2. The lowest BCUT2D eigenvalue weighted by atomic mass is 10.0. The Morgan fingerprint density at radius 2 is 1.58 bits per heavy atom. The van der Waals surface area contributed by atoms with E-state index < -0.39 is 6.04 Å². The monoisotopic (exact) mass is 437 g/mol. The second kappa shape index (κ2) is 10.4. The molecule has 0 spiro atoms. The minimum Gasteiger partial charge on any atom is -0.497 e. The molecule has 0 radical (unpaired) electrons. The number of ether oxygens (including phenoxy) is 1. The van der Waals surface area contributed by atoms with E-state index in [1.807, 2.05) is 23.6 Å². The molecule has 7 nitrogen and oxygen atoms in total. The van der Waals surface area contributed by atoms with Gasteiger partial charge in [-0.2, -0.15) is 0 Å². The minimum atomic E-state index is -0.465. The van der Waals surface area contributed by atoms with Crippen LogP contribution in [-0.4, -0.2) is 24.8 Å². The number of anilines is 2. The van der Waals surface area contributed by atoms with Crippen molar-refractivity contribution in [2.24, 2.45) is 0 Å². The number of benzene rings is 2. The van der Waals surface area contributed by atoms with Gasteiger partial charge in [-0.1, -0.05) is 18.2 Å². The number of methoxy groups -OCH3 is 1. The van der Waals surface area contributed by atoms with Crippen LogP contribution in [0.1, 0.15) is 34.6 Å². The van der Waals surface area contributed by atoms with Crippen molar-refractivity contribution >= 4 is 40.4 Å². The summed E-state index contributed by atoms with van der Waals surface area (Å²) in [5.74, 6) is 0.0508. The van der Waals surface area contributed by atoms with E-state index in [-0.39, 0.29) is 24.1 Å². The molecule has 8 heteroatoms. The molecule has 0 saturated carbocycles. The highest BCUT2D eigenvalue weighted by Crippen LogP contribution is 2.22. The van der Waals surface area contributed by atoms with Crippen molar-refractivity contribution in [3.05, 3.63) is 76.5 Å². The number of thiophene rings is 1. The number of nitrogens with one attached hydrogen (secondary N) is 3. The normalized spacial score (nSPS) is 11.3. The summed E-state index contributed by atoms with van der Waals surface area (Å²) in [6.07, 6.45) is 0.0722. The van der Waals surface area contributed by atoms with Crippen LogP contribution < -0.4 is 20.7 Å². The molecule has 3 amide bonds. The molecule has 0 aliphatic carbocycles. The maximum Gasteiger partial charge on any atom is 0.265 e. The Kier molecular flexibility index (Phi) is 7.40. The van der Waals surface area contributed by atoms with E-state index in [1.165, 1.54) is 18.3 Å². The quantitative estimate of drug-likeness (QED) is 0.492. The predicted octanol–water partition coefficient (Wildman–Crippen LogP) is 4.22. The number of carbonyl (C=O) groups is 3. The van der Waals surface area contributed by atoms with Crippen LogP contribution in [0.25, 0.3) is 0 Å². The number of carbonyl (C=O) groups excluding carboxylic acids is 3. The van der Waals surface area contributed by atoms with Crippen molar-refractivity contribution in [3.63, 3.8) is 0 Å². The van der Waals surface area contributed by atoms with Crippen LogP contribution in [0.15, 0.2) is 66.0 Å². The SMILES string of the molecule is COc1ccc(C(CC(=O)Nc2ccc(NC(=O)c3cccs3)cc2)NC(C)=O)cc1. The number of hydrogen-bond donors (Lipinski definition) is 3. The topological polar surface area (TPSA) is 96.5 Å². The van der Waals surface area contributed by atoms with E-state index in [1.54, 1.807) is 49.6 Å². The third-order valence-corrected chi connectivity index (χ3v) is 5.33. The van der Waals surface area contributed by atoms with Crippen molar-refractivity contribution in [2.75, 3.05) is 17.7 Å². The summed E-state index contributed by atoms with van der Waals surface area (Å²) in [6.45, 7) is 1.41.